The van der Waals surface area contributed by atoms with Crippen molar-refractivity contribution in [2.75, 3.05) is 7.11 Å². The number of hydrogen-bond acceptors (Lipinski definition) is 3. The number of allylic oxidation sites excluding steroid dienone is 2. The topological polar surface area (TPSA) is 35.5 Å². The van der Waals surface area contributed by atoms with Crippen LogP contribution in [0.1, 0.15) is 24.8 Å². The summed E-state index contributed by atoms with van der Waals surface area (Å²) in [5, 5.41) is 0. The average molecular weight is 242 g/mol. The van der Waals surface area contributed by atoms with E-state index in [2.05, 4.69) is 6.08 Å². The summed E-state index contributed by atoms with van der Waals surface area (Å²) in [4.78, 5) is 11.1. The maximum atomic E-state index is 11.1. The summed E-state index contributed by atoms with van der Waals surface area (Å²) in [6, 6.07) is 5.70. The number of benzene rings is 1. The van der Waals surface area contributed by atoms with Crippen LogP contribution in [0.5, 0.6) is 11.5 Å². The van der Waals surface area contributed by atoms with Crippen LogP contribution in [0.4, 0.5) is 0 Å². The standard InChI is InChI=1S/C15H14O3/c1-17-13-6-3-7-14-12(13)8-10-4-2-5-11(9-16)15(10)18-14/h3,6-9H,2,4-5H2,1H3. The summed E-state index contributed by atoms with van der Waals surface area (Å²) < 4.78 is 11.2. The van der Waals surface area contributed by atoms with Gasteiger partial charge in [0.2, 0.25) is 0 Å². The molecule has 1 aromatic rings. The molecule has 0 bridgehead atoms. The molecule has 0 saturated carbocycles. The van der Waals surface area contributed by atoms with E-state index < -0.39 is 0 Å². The first-order valence-electron chi connectivity index (χ1n) is 6.07. The van der Waals surface area contributed by atoms with Crippen LogP contribution in [0.3, 0.4) is 0 Å². The lowest BCUT2D eigenvalue weighted by Crippen LogP contribution is -2.13. The van der Waals surface area contributed by atoms with Crippen LogP contribution in [-0.2, 0) is 4.79 Å². The number of carbonyl (C=O) groups is 1. The third-order valence-electron chi connectivity index (χ3n) is 3.39. The fourth-order valence-electron chi connectivity index (χ4n) is 2.50. The highest BCUT2D eigenvalue weighted by atomic mass is 16.5. The Kier molecular flexibility index (Phi) is 2.67. The van der Waals surface area contributed by atoms with Gasteiger partial charge < -0.3 is 9.47 Å². The number of fused-ring (bicyclic) bond motifs is 2. The lowest BCUT2D eigenvalue weighted by atomic mass is 9.90. The predicted octanol–water partition coefficient (Wildman–Crippen LogP) is 3.11. The molecular formula is C15H14O3. The van der Waals surface area contributed by atoms with E-state index in [-0.39, 0.29) is 0 Å². The van der Waals surface area contributed by atoms with Gasteiger partial charge in [-0.3, -0.25) is 4.79 Å². The van der Waals surface area contributed by atoms with E-state index >= 15 is 0 Å². The lowest BCUT2D eigenvalue weighted by Gasteiger charge is -2.26. The molecule has 18 heavy (non-hydrogen) atoms. The molecule has 0 saturated heterocycles. The van der Waals surface area contributed by atoms with Gasteiger partial charge in [0.15, 0.2) is 0 Å². The average Bonchev–Trinajstić information content (AvgIpc) is 2.43. The van der Waals surface area contributed by atoms with Crippen molar-refractivity contribution in [2.24, 2.45) is 0 Å². The molecule has 0 amide bonds. The summed E-state index contributed by atoms with van der Waals surface area (Å²) >= 11 is 0. The van der Waals surface area contributed by atoms with E-state index in [1.807, 2.05) is 18.2 Å². The lowest BCUT2D eigenvalue weighted by molar-refractivity contribution is -0.105. The molecule has 0 unspecified atom stereocenters. The minimum atomic E-state index is 0.747. The molecule has 3 rings (SSSR count). The van der Waals surface area contributed by atoms with Crippen LogP contribution in [0.25, 0.3) is 6.08 Å². The Morgan fingerprint density at radius 2 is 2.22 bits per heavy atom. The Morgan fingerprint density at radius 3 is 3.00 bits per heavy atom. The largest absolute Gasteiger partial charge is 0.496 e. The SMILES string of the molecule is COc1cccc2c1C=C1CCCC(C=O)=C1O2. The molecule has 3 heteroatoms. The molecule has 0 radical (unpaired) electrons. The van der Waals surface area contributed by atoms with Gasteiger partial charge in [-0.2, -0.15) is 0 Å². The van der Waals surface area contributed by atoms with Crippen LogP contribution in [0.2, 0.25) is 0 Å². The molecule has 0 N–H and O–H groups in total. The fourth-order valence-corrected chi connectivity index (χ4v) is 2.50. The molecule has 1 heterocycles. The van der Waals surface area contributed by atoms with E-state index in [1.54, 1.807) is 7.11 Å². The zero-order chi connectivity index (χ0) is 12.5. The molecule has 2 aliphatic rings. The summed E-state index contributed by atoms with van der Waals surface area (Å²) in [7, 11) is 1.65. The molecule has 0 fully saturated rings. The molecule has 1 aliphatic heterocycles. The maximum absolute atomic E-state index is 11.1. The molecule has 92 valence electrons. The normalized spacial score (nSPS) is 17.3. The number of ether oxygens (including phenoxy) is 2. The highest BCUT2D eigenvalue weighted by Gasteiger charge is 2.25. The molecule has 1 aromatic carbocycles. The van der Waals surface area contributed by atoms with Crippen LogP contribution in [0.15, 0.2) is 35.1 Å². The molecule has 0 spiro atoms. The van der Waals surface area contributed by atoms with Gasteiger partial charge in [0.05, 0.1) is 12.7 Å². The van der Waals surface area contributed by atoms with E-state index in [1.165, 1.54) is 0 Å². The number of carbonyl (C=O) groups excluding carboxylic acids is 1. The van der Waals surface area contributed by atoms with Crippen LogP contribution < -0.4 is 9.47 Å². The van der Waals surface area contributed by atoms with E-state index in [4.69, 9.17) is 9.47 Å². The van der Waals surface area contributed by atoms with Crippen LogP contribution >= 0.6 is 0 Å². The van der Waals surface area contributed by atoms with Gasteiger partial charge in [0, 0.05) is 5.57 Å². The monoisotopic (exact) mass is 242 g/mol. The van der Waals surface area contributed by atoms with Gasteiger partial charge in [-0.25, -0.2) is 0 Å². The molecule has 0 aromatic heterocycles. The summed E-state index contributed by atoms with van der Waals surface area (Å²) in [6.07, 6.45) is 5.74. The van der Waals surface area contributed by atoms with E-state index in [0.717, 1.165) is 59.5 Å². The number of methoxy groups -OCH3 is 1. The predicted molar refractivity (Wildman–Crippen MR) is 68.5 cm³/mol. The number of hydrogen-bond donors (Lipinski definition) is 0. The first-order chi connectivity index (χ1) is 8.83. The Morgan fingerprint density at radius 1 is 1.33 bits per heavy atom. The maximum Gasteiger partial charge on any atom is 0.149 e. The summed E-state index contributed by atoms with van der Waals surface area (Å²) in [5.74, 6) is 2.31. The van der Waals surface area contributed by atoms with Gasteiger partial charge in [0.25, 0.3) is 0 Å². The minimum absolute atomic E-state index is 0.747. The number of rotatable bonds is 2. The smallest absolute Gasteiger partial charge is 0.149 e. The van der Waals surface area contributed by atoms with Crippen molar-refractivity contribution in [1.29, 1.82) is 0 Å². The third-order valence-corrected chi connectivity index (χ3v) is 3.39. The molecule has 3 nitrogen and oxygen atoms in total. The second kappa shape index (κ2) is 4.33. The first-order valence-corrected chi connectivity index (χ1v) is 6.07. The van der Waals surface area contributed by atoms with Gasteiger partial charge in [-0.1, -0.05) is 6.07 Å². The Hall–Kier alpha value is -2.03. The minimum Gasteiger partial charge on any atom is -0.496 e. The summed E-state index contributed by atoms with van der Waals surface area (Å²) in [6.45, 7) is 0. The molecule has 0 atom stereocenters. The Labute approximate surface area is 106 Å². The first kappa shape index (κ1) is 11.1. The summed E-state index contributed by atoms with van der Waals surface area (Å²) in [5.41, 5.74) is 2.83. The number of aldehydes is 1. The highest BCUT2D eigenvalue weighted by Crippen LogP contribution is 2.41. The van der Waals surface area contributed by atoms with Crippen molar-refractivity contribution in [1.82, 2.24) is 0 Å². The van der Waals surface area contributed by atoms with Crippen LogP contribution in [0, 0.1) is 0 Å². The van der Waals surface area contributed by atoms with E-state index in [9.17, 15) is 4.79 Å². The van der Waals surface area contributed by atoms with Crippen molar-refractivity contribution in [3.05, 3.63) is 40.7 Å². The second-order valence-corrected chi connectivity index (χ2v) is 4.47. The van der Waals surface area contributed by atoms with E-state index in [0.29, 0.717) is 0 Å². The van der Waals surface area contributed by atoms with Crippen molar-refractivity contribution >= 4 is 12.4 Å². The fraction of sp³-hybridized carbons (Fsp3) is 0.267. The van der Waals surface area contributed by atoms with Gasteiger partial charge in [0.1, 0.15) is 23.5 Å². The zero-order valence-corrected chi connectivity index (χ0v) is 10.2. The Bertz CT molecular complexity index is 567. The molecular weight excluding hydrogens is 228 g/mol. The van der Waals surface area contributed by atoms with Gasteiger partial charge >= 0.3 is 0 Å². The molecule has 1 aliphatic carbocycles. The van der Waals surface area contributed by atoms with Crippen molar-refractivity contribution in [3.63, 3.8) is 0 Å². The van der Waals surface area contributed by atoms with Gasteiger partial charge in [-0.15, -0.1) is 0 Å². The second-order valence-electron chi connectivity index (χ2n) is 4.47. The van der Waals surface area contributed by atoms with Crippen molar-refractivity contribution in [3.8, 4) is 11.5 Å². The highest BCUT2D eigenvalue weighted by molar-refractivity contribution is 5.80. The van der Waals surface area contributed by atoms with Gasteiger partial charge in [-0.05, 0) is 43.0 Å². The third kappa shape index (κ3) is 1.63. The quantitative estimate of drug-likeness (QED) is 0.747. The van der Waals surface area contributed by atoms with Crippen molar-refractivity contribution < 1.29 is 14.3 Å². The Balaban J connectivity index is 2.16. The van der Waals surface area contributed by atoms with Crippen molar-refractivity contribution in [2.45, 2.75) is 19.3 Å². The zero-order valence-electron chi connectivity index (χ0n) is 10.2. The van der Waals surface area contributed by atoms with Crippen LogP contribution in [-0.4, -0.2) is 13.4 Å².